The number of carbonyl (C=O) groups is 1. The molecule has 36 heavy (non-hydrogen) atoms. The van der Waals surface area contributed by atoms with Gasteiger partial charge in [-0.3, -0.25) is 4.79 Å². The first-order valence-corrected chi connectivity index (χ1v) is 11.9. The van der Waals surface area contributed by atoms with Crippen molar-refractivity contribution in [1.82, 2.24) is 0 Å². The standard InChI is InChI=1S/C30H26N2O4/c1-31-25-15-9-10-16-26(25)35-30(29(31)33)27(21-11-5-3-6-12-21)28(22-17-19-24(34-2)20-18-22)32(36-30)23-13-7-4-8-14-23/h3-20,27-28H,1-2H3/t27-,28+,30-/m0/s1. The fraction of sp³-hybridized carbons (Fsp3) is 0.167. The highest BCUT2D eigenvalue weighted by Gasteiger charge is 2.65. The topological polar surface area (TPSA) is 51.2 Å². The van der Waals surface area contributed by atoms with Crippen molar-refractivity contribution in [2.45, 2.75) is 17.7 Å². The van der Waals surface area contributed by atoms with Gasteiger partial charge in [0.1, 0.15) is 11.5 Å². The zero-order chi connectivity index (χ0) is 24.7. The predicted molar refractivity (Wildman–Crippen MR) is 138 cm³/mol. The number of anilines is 2. The highest BCUT2D eigenvalue weighted by atomic mass is 16.8. The summed E-state index contributed by atoms with van der Waals surface area (Å²) in [6.45, 7) is 0. The number of ether oxygens (including phenoxy) is 2. The lowest BCUT2D eigenvalue weighted by Gasteiger charge is -2.40. The van der Waals surface area contributed by atoms with Crippen molar-refractivity contribution in [2.24, 2.45) is 0 Å². The Morgan fingerprint density at radius 3 is 2.11 bits per heavy atom. The van der Waals surface area contributed by atoms with E-state index in [-0.39, 0.29) is 11.9 Å². The molecule has 0 N–H and O–H groups in total. The van der Waals surface area contributed by atoms with Gasteiger partial charge in [0, 0.05) is 7.05 Å². The number of likely N-dealkylation sites (N-methyl/N-ethyl adjacent to an activating group) is 1. The maximum atomic E-state index is 14.2. The molecule has 3 atom stereocenters. The van der Waals surface area contributed by atoms with Crippen LogP contribution in [0.3, 0.4) is 0 Å². The van der Waals surface area contributed by atoms with Crippen molar-refractivity contribution in [3.63, 3.8) is 0 Å². The molecule has 180 valence electrons. The average molecular weight is 479 g/mol. The Hall–Kier alpha value is -4.29. The lowest BCUT2D eigenvalue weighted by Crippen LogP contribution is -2.58. The van der Waals surface area contributed by atoms with E-state index in [2.05, 4.69) is 0 Å². The van der Waals surface area contributed by atoms with E-state index in [4.69, 9.17) is 14.3 Å². The third-order valence-corrected chi connectivity index (χ3v) is 6.93. The lowest BCUT2D eigenvalue weighted by atomic mass is 9.80. The first-order valence-electron chi connectivity index (χ1n) is 11.9. The van der Waals surface area contributed by atoms with Gasteiger partial charge in [-0.25, -0.2) is 9.90 Å². The van der Waals surface area contributed by atoms with E-state index < -0.39 is 11.7 Å². The maximum absolute atomic E-state index is 14.2. The van der Waals surface area contributed by atoms with Crippen molar-refractivity contribution in [2.75, 3.05) is 24.1 Å². The second kappa shape index (κ2) is 8.73. The first-order chi connectivity index (χ1) is 17.6. The van der Waals surface area contributed by atoms with Gasteiger partial charge in [-0.15, -0.1) is 0 Å². The van der Waals surface area contributed by atoms with E-state index in [1.54, 1.807) is 19.1 Å². The number of rotatable bonds is 4. The molecule has 2 aliphatic rings. The molecule has 1 fully saturated rings. The van der Waals surface area contributed by atoms with Crippen molar-refractivity contribution < 1.29 is 19.1 Å². The largest absolute Gasteiger partial charge is 0.497 e. The third-order valence-electron chi connectivity index (χ3n) is 6.93. The van der Waals surface area contributed by atoms with Gasteiger partial charge in [0.05, 0.1) is 30.4 Å². The molecule has 1 spiro atoms. The van der Waals surface area contributed by atoms with E-state index in [0.29, 0.717) is 11.4 Å². The summed E-state index contributed by atoms with van der Waals surface area (Å²) in [6.07, 6.45) is 0. The van der Waals surface area contributed by atoms with Crippen molar-refractivity contribution in [3.8, 4) is 11.5 Å². The number of nitrogens with zero attached hydrogens (tertiary/aromatic N) is 2. The number of benzene rings is 4. The Bertz CT molecular complexity index is 1380. The van der Waals surface area contributed by atoms with E-state index in [9.17, 15) is 4.79 Å². The van der Waals surface area contributed by atoms with E-state index in [0.717, 1.165) is 22.6 Å². The summed E-state index contributed by atoms with van der Waals surface area (Å²) < 4.78 is 12.0. The number of carbonyl (C=O) groups excluding carboxylic acids is 1. The molecule has 1 amide bonds. The molecule has 0 unspecified atom stereocenters. The van der Waals surface area contributed by atoms with E-state index >= 15 is 0 Å². The second-order valence-electron chi connectivity index (χ2n) is 8.96. The number of para-hydroxylation sites is 3. The second-order valence-corrected chi connectivity index (χ2v) is 8.96. The lowest BCUT2D eigenvalue weighted by molar-refractivity contribution is -0.186. The monoisotopic (exact) mass is 478 g/mol. The Labute approximate surface area is 210 Å². The van der Waals surface area contributed by atoms with Gasteiger partial charge >= 0.3 is 11.7 Å². The molecule has 0 aromatic heterocycles. The highest BCUT2D eigenvalue weighted by Crippen LogP contribution is 2.56. The van der Waals surface area contributed by atoms with E-state index in [1.807, 2.05) is 114 Å². The molecule has 2 aliphatic heterocycles. The van der Waals surface area contributed by atoms with Gasteiger partial charge in [0.2, 0.25) is 0 Å². The average Bonchev–Trinajstić information content (AvgIpc) is 3.28. The summed E-state index contributed by atoms with van der Waals surface area (Å²) in [5.74, 6) is -0.981. The minimum absolute atomic E-state index is 0.257. The molecule has 4 aromatic carbocycles. The van der Waals surface area contributed by atoms with Gasteiger partial charge in [-0.2, -0.15) is 0 Å². The van der Waals surface area contributed by atoms with Crippen LogP contribution in [0.4, 0.5) is 11.4 Å². The van der Waals surface area contributed by atoms with Crippen LogP contribution in [0, 0.1) is 0 Å². The molecule has 6 nitrogen and oxygen atoms in total. The van der Waals surface area contributed by atoms with Gasteiger partial charge < -0.3 is 14.4 Å². The van der Waals surface area contributed by atoms with Crippen LogP contribution in [-0.4, -0.2) is 25.9 Å². The normalized spacial score (nSPS) is 22.9. The van der Waals surface area contributed by atoms with Gasteiger partial charge in [0.25, 0.3) is 0 Å². The molecule has 0 bridgehead atoms. The minimum atomic E-state index is -1.61. The molecular formula is C30H26N2O4. The van der Waals surface area contributed by atoms with Crippen molar-refractivity contribution in [3.05, 3.63) is 120 Å². The number of hydrogen-bond acceptors (Lipinski definition) is 5. The summed E-state index contributed by atoms with van der Waals surface area (Å²) >= 11 is 0. The van der Waals surface area contributed by atoms with Gasteiger partial charge in [-0.1, -0.05) is 72.8 Å². The number of fused-ring (bicyclic) bond motifs is 1. The fourth-order valence-electron chi connectivity index (χ4n) is 5.21. The number of amides is 1. The zero-order valence-electron chi connectivity index (χ0n) is 20.1. The molecule has 1 saturated heterocycles. The summed E-state index contributed by atoms with van der Waals surface area (Å²) in [5, 5.41) is 1.82. The number of hydrogen-bond donors (Lipinski definition) is 0. The van der Waals surface area contributed by atoms with Crippen LogP contribution in [0.15, 0.2) is 109 Å². The van der Waals surface area contributed by atoms with Crippen molar-refractivity contribution >= 4 is 17.3 Å². The van der Waals surface area contributed by atoms with Gasteiger partial charge in [0.15, 0.2) is 0 Å². The molecule has 2 heterocycles. The summed E-state index contributed by atoms with van der Waals surface area (Å²) in [7, 11) is 3.41. The zero-order valence-corrected chi connectivity index (χ0v) is 20.1. The molecule has 0 radical (unpaired) electrons. The van der Waals surface area contributed by atoms with Crippen LogP contribution < -0.4 is 19.4 Å². The van der Waals surface area contributed by atoms with Crippen LogP contribution >= 0.6 is 0 Å². The Balaban J connectivity index is 1.59. The molecule has 6 rings (SSSR count). The predicted octanol–water partition coefficient (Wildman–Crippen LogP) is 5.72. The third kappa shape index (κ3) is 3.41. The minimum Gasteiger partial charge on any atom is -0.497 e. The molecule has 0 aliphatic carbocycles. The number of methoxy groups -OCH3 is 1. The first kappa shape index (κ1) is 22.2. The smallest absolute Gasteiger partial charge is 0.322 e. The molecule has 4 aromatic rings. The summed E-state index contributed by atoms with van der Waals surface area (Å²) in [6, 6.07) is 34.9. The van der Waals surface area contributed by atoms with Crippen LogP contribution in [0.5, 0.6) is 11.5 Å². The highest BCUT2D eigenvalue weighted by molar-refractivity contribution is 6.02. The molecule has 6 heteroatoms. The molecule has 0 saturated carbocycles. The van der Waals surface area contributed by atoms with Crippen LogP contribution in [0.2, 0.25) is 0 Å². The van der Waals surface area contributed by atoms with Crippen LogP contribution in [0.1, 0.15) is 23.1 Å². The van der Waals surface area contributed by atoms with Crippen LogP contribution in [0.25, 0.3) is 0 Å². The number of hydroxylamine groups is 1. The molecular weight excluding hydrogens is 452 g/mol. The Kier molecular flexibility index (Phi) is 5.38. The SMILES string of the molecule is COc1ccc([C@@H]2[C@H](c3ccccc3)[C@]3(Oc4ccccc4N(C)C3=O)ON2c2ccccc2)cc1. The Morgan fingerprint density at radius 1 is 0.778 bits per heavy atom. The fourth-order valence-corrected chi connectivity index (χ4v) is 5.21. The summed E-state index contributed by atoms with van der Waals surface area (Å²) in [5.41, 5.74) is 3.46. The Morgan fingerprint density at radius 2 is 1.42 bits per heavy atom. The van der Waals surface area contributed by atoms with Gasteiger partial charge in [-0.05, 0) is 47.5 Å². The van der Waals surface area contributed by atoms with Crippen LogP contribution in [-0.2, 0) is 9.63 Å². The summed E-state index contributed by atoms with van der Waals surface area (Å²) in [4.78, 5) is 22.5. The van der Waals surface area contributed by atoms with Crippen molar-refractivity contribution in [1.29, 1.82) is 0 Å². The van der Waals surface area contributed by atoms with E-state index in [1.165, 1.54) is 0 Å². The maximum Gasteiger partial charge on any atom is 0.322 e. The quantitative estimate of drug-likeness (QED) is 0.375.